The van der Waals surface area contributed by atoms with Crippen LogP contribution in [-0.2, 0) is 0 Å². The largest absolute Gasteiger partial charge is 0.448 e. The van der Waals surface area contributed by atoms with Gasteiger partial charge in [-0.25, -0.2) is 4.98 Å². The Morgan fingerprint density at radius 2 is 2.16 bits per heavy atom. The summed E-state index contributed by atoms with van der Waals surface area (Å²) in [5, 5.41) is 4.92. The maximum absolute atomic E-state index is 12.7. The Labute approximate surface area is 145 Å². The molecular formula is C19H21N3O3. The number of hydrogen-bond acceptors (Lipinski definition) is 5. The van der Waals surface area contributed by atoms with E-state index in [4.69, 9.17) is 8.94 Å². The van der Waals surface area contributed by atoms with Crippen molar-refractivity contribution in [2.24, 2.45) is 0 Å². The van der Waals surface area contributed by atoms with Gasteiger partial charge in [0, 0.05) is 24.6 Å². The summed E-state index contributed by atoms with van der Waals surface area (Å²) in [5.74, 6) is 1.23. The molecule has 1 aliphatic carbocycles. The van der Waals surface area contributed by atoms with Gasteiger partial charge in [-0.05, 0) is 44.4 Å². The third kappa shape index (κ3) is 2.92. The third-order valence-corrected chi connectivity index (χ3v) is 4.57. The highest BCUT2D eigenvalue weighted by molar-refractivity contribution is 6.00. The summed E-state index contributed by atoms with van der Waals surface area (Å²) in [5.41, 5.74) is 2.56. The molecule has 1 aliphatic rings. The van der Waals surface area contributed by atoms with Crippen molar-refractivity contribution < 1.29 is 13.7 Å². The van der Waals surface area contributed by atoms with Crippen LogP contribution in [0.15, 0.2) is 33.4 Å². The van der Waals surface area contributed by atoms with Gasteiger partial charge in [-0.15, -0.1) is 0 Å². The van der Waals surface area contributed by atoms with Crippen molar-refractivity contribution in [1.29, 1.82) is 0 Å². The van der Waals surface area contributed by atoms with Crippen LogP contribution in [0, 0.1) is 0 Å². The normalized spacial score (nSPS) is 14.2. The molecule has 1 fully saturated rings. The van der Waals surface area contributed by atoms with Gasteiger partial charge in [-0.2, -0.15) is 0 Å². The van der Waals surface area contributed by atoms with Crippen molar-refractivity contribution in [2.75, 3.05) is 13.1 Å². The molecule has 130 valence electrons. The first-order valence-corrected chi connectivity index (χ1v) is 8.85. The van der Waals surface area contributed by atoms with Crippen LogP contribution in [0.3, 0.4) is 0 Å². The predicted octanol–water partition coefficient (Wildman–Crippen LogP) is 4.23. The molecule has 25 heavy (non-hydrogen) atoms. The summed E-state index contributed by atoms with van der Waals surface area (Å²) >= 11 is 0. The van der Waals surface area contributed by atoms with E-state index in [1.165, 1.54) is 0 Å². The van der Waals surface area contributed by atoms with E-state index in [-0.39, 0.29) is 5.91 Å². The fraction of sp³-hybridized carbons (Fsp3) is 0.421. The Kier molecular flexibility index (Phi) is 4.03. The highest BCUT2D eigenvalue weighted by Crippen LogP contribution is 2.40. The molecule has 1 amide bonds. The summed E-state index contributed by atoms with van der Waals surface area (Å²) in [4.78, 5) is 19.1. The number of benzene rings is 1. The Hall–Kier alpha value is -2.63. The number of rotatable bonds is 6. The average Bonchev–Trinajstić information content (AvgIpc) is 3.22. The second-order valence-corrected chi connectivity index (χ2v) is 6.47. The molecule has 0 unspecified atom stereocenters. The van der Waals surface area contributed by atoms with Crippen LogP contribution in [-0.4, -0.2) is 34.0 Å². The highest BCUT2D eigenvalue weighted by Gasteiger charge is 2.29. The average molecular weight is 339 g/mol. The minimum atomic E-state index is 0.0252. The lowest BCUT2D eigenvalue weighted by Gasteiger charge is -2.20. The summed E-state index contributed by atoms with van der Waals surface area (Å²) < 4.78 is 11.0. The van der Waals surface area contributed by atoms with Crippen molar-refractivity contribution in [3.8, 4) is 11.4 Å². The van der Waals surface area contributed by atoms with Gasteiger partial charge < -0.3 is 13.8 Å². The van der Waals surface area contributed by atoms with Crippen molar-refractivity contribution in [2.45, 2.75) is 39.0 Å². The first-order valence-electron chi connectivity index (χ1n) is 8.85. The molecule has 6 nitrogen and oxygen atoms in total. The standard InChI is InChI=1S/C19H21N3O3/c1-3-9-22(4-2)19(23)13-7-8-16-14(10-13)17(21-25-16)15-11-24-18(20-15)12-5-6-12/h7-8,10-12H,3-6,9H2,1-2H3. The van der Waals surface area contributed by atoms with Crippen LogP contribution in [0.2, 0.25) is 0 Å². The van der Waals surface area contributed by atoms with E-state index in [0.717, 1.165) is 37.1 Å². The van der Waals surface area contributed by atoms with E-state index < -0.39 is 0 Å². The van der Waals surface area contributed by atoms with Crippen molar-refractivity contribution in [3.05, 3.63) is 35.9 Å². The zero-order chi connectivity index (χ0) is 17.4. The van der Waals surface area contributed by atoms with Gasteiger partial charge in [0.25, 0.3) is 5.91 Å². The zero-order valence-corrected chi connectivity index (χ0v) is 14.5. The van der Waals surface area contributed by atoms with E-state index in [1.807, 2.05) is 17.9 Å². The number of amides is 1. The molecule has 0 bridgehead atoms. The smallest absolute Gasteiger partial charge is 0.253 e. The van der Waals surface area contributed by atoms with Crippen molar-refractivity contribution in [1.82, 2.24) is 15.0 Å². The molecule has 0 saturated heterocycles. The summed E-state index contributed by atoms with van der Waals surface area (Å²) in [7, 11) is 0. The number of carbonyl (C=O) groups is 1. The Balaban J connectivity index is 1.70. The molecule has 4 rings (SSSR count). The molecule has 0 atom stereocenters. The van der Waals surface area contributed by atoms with Crippen molar-refractivity contribution >= 4 is 16.9 Å². The first-order chi connectivity index (χ1) is 12.2. The monoisotopic (exact) mass is 339 g/mol. The highest BCUT2D eigenvalue weighted by atomic mass is 16.5. The molecule has 3 aromatic rings. The number of fused-ring (bicyclic) bond motifs is 1. The van der Waals surface area contributed by atoms with Crippen LogP contribution in [0.5, 0.6) is 0 Å². The number of nitrogens with zero attached hydrogens (tertiary/aromatic N) is 3. The number of hydrogen-bond donors (Lipinski definition) is 0. The molecule has 1 saturated carbocycles. The van der Waals surface area contributed by atoms with Gasteiger partial charge in [-0.3, -0.25) is 4.79 Å². The Morgan fingerprint density at radius 3 is 2.88 bits per heavy atom. The van der Waals surface area contributed by atoms with E-state index in [9.17, 15) is 4.79 Å². The van der Waals surface area contributed by atoms with Gasteiger partial charge in [-0.1, -0.05) is 12.1 Å². The van der Waals surface area contributed by atoms with Gasteiger partial charge >= 0.3 is 0 Å². The molecule has 0 aliphatic heterocycles. The van der Waals surface area contributed by atoms with Crippen LogP contribution in [0.4, 0.5) is 0 Å². The van der Waals surface area contributed by atoms with Crippen LogP contribution in [0.25, 0.3) is 22.4 Å². The van der Waals surface area contributed by atoms with Gasteiger partial charge in [0.2, 0.25) is 0 Å². The predicted molar refractivity (Wildman–Crippen MR) is 93.3 cm³/mol. The van der Waals surface area contributed by atoms with Gasteiger partial charge in [0.1, 0.15) is 17.7 Å². The van der Waals surface area contributed by atoms with Crippen LogP contribution < -0.4 is 0 Å². The zero-order valence-electron chi connectivity index (χ0n) is 14.5. The van der Waals surface area contributed by atoms with Gasteiger partial charge in [0.05, 0.1) is 5.39 Å². The molecular weight excluding hydrogens is 318 g/mol. The summed E-state index contributed by atoms with van der Waals surface area (Å²) in [6, 6.07) is 5.42. The fourth-order valence-corrected chi connectivity index (χ4v) is 3.03. The van der Waals surface area contributed by atoms with Gasteiger partial charge in [0.15, 0.2) is 11.5 Å². The molecule has 2 aromatic heterocycles. The minimum absolute atomic E-state index is 0.0252. The van der Waals surface area contributed by atoms with E-state index in [0.29, 0.717) is 35.0 Å². The lowest BCUT2D eigenvalue weighted by Crippen LogP contribution is -2.31. The topological polar surface area (TPSA) is 72.4 Å². The number of oxazole rings is 1. The molecule has 0 radical (unpaired) electrons. The second-order valence-electron chi connectivity index (χ2n) is 6.47. The SMILES string of the molecule is CCCN(CC)C(=O)c1ccc2onc(-c3coc(C4CC4)n3)c2c1. The van der Waals surface area contributed by atoms with E-state index in [2.05, 4.69) is 17.1 Å². The molecule has 6 heteroatoms. The maximum atomic E-state index is 12.7. The Bertz CT molecular complexity index is 908. The summed E-state index contributed by atoms with van der Waals surface area (Å²) in [6.45, 7) is 5.50. The molecule has 2 heterocycles. The molecule has 1 aromatic carbocycles. The summed E-state index contributed by atoms with van der Waals surface area (Å²) in [6.07, 6.45) is 4.81. The lowest BCUT2D eigenvalue weighted by molar-refractivity contribution is 0.0764. The first kappa shape index (κ1) is 15.9. The lowest BCUT2D eigenvalue weighted by atomic mass is 10.1. The van der Waals surface area contributed by atoms with Crippen LogP contribution in [0.1, 0.15) is 55.3 Å². The maximum Gasteiger partial charge on any atom is 0.253 e. The number of aromatic nitrogens is 2. The molecule has 0 spiro atoms. The van der Waals surface area contributed by atoms with Crippen molar-refractivity contribution in [3.63, 3.8) is 0 Å². The second kappa shape index (κ2) is 6.35. The fourth-order valence-electron chi connectivity index (χ4n) is 3.03. The van der Waals surface area contributed by atoms with E-state index in [1.54, 1.807) is 18.4 Å². The van der Waals surface area contributed by atoms with Crippen LogP contribution >= 0.6 is 0 Å². The minimum Gasteiger partial charge on any atom is -0.448 e. The Morgan fingerprint density at radius 1 is 1.32 bits per heavy atom. The van der Waals surface area contributed by atoms with E-state index >= 15 is 0 Å². The third-order valence-electron chi connectivity index (χ3n) is 4.57. The molecule has 0 N–H and O–H groups in total. The number of carbonyl (C=O) groups excluding carboxylic acids is 1. The quantitative estimate of drug-likeness (QED) is 0.672.